The van der Waals surface area contributed by atoms with E-state index in [0.717, 1.165) is 6.54 Å². The van der Waals surface area contributed by atoms with Crippen LogP contribution >= 0.6 is 11.3 Å². The van der Waals surface area contributed by atoms with Crippen molar-refractivity contribution >= 4 is 17.0 Å². The quantitative estimate of drug-likeness (QED) is 0.893. The summed E-state index contributed by atoms with van der Waals surface area (Å²) in [6, 6.07) is 4.41. The predicted molar refractivity (Wildman–Crippen MR) is 72.6 cm³/mol. The van der Waals surface area contributed by atoms with E-state index in [2.05, 4.69) is 23.3 Å². The van der Waals surface area contributed by atoms with Gasteiger partial charge in [0.2, 0.25) is 0 Å². The fourth-order valence-electron chi connectivity index (χ4n) is 2.33. The van der Waals surface area contributed by atoms with Crippen LogP contribution in [0.3, 0.4) is 0 Å². The van der Waals surface area contributed by atoms with E-state index in [9.17, 15) is 0 Å². The van der Waals surface area contributed by atoms with E-state index >= 15 is 0 Å². The Labute approximate surface area is 106 Å². The van der Waals surface area contributed by atoms with Gasteiger partial charge >= 0.3 is 0 Å². The molecule has 3 heteroatoms. The van der Waals surface area contributed by atoms with Crippen LogP contribution in [0, 0.1) is 6.92 Å². The molecule has 0 unspecified atom stereocenters. The van der Waals surface area contributed by atoms with Crippen LogP contribution in [0.1, 0.15) is 27.3 Å². The van der Waals surface area contributed by atoms with E-state index in [1.165, 1.54) is 35.4 Å². The molecule has 0 bridgehead atoms. The normalized spacial score (nSPS) is 13.7. The van der Waals surface area contributed by atoms with Crippen molar-refractivity contribution in [2.24, 2.45) is 0 Å². The third kappa shape index (κ3) is 2.20. The van der Waals surface area contributed by atoms with E-state index < -0.39 is 0 Å². The van der Waals surface area contributed by atoms with E-state index in [1.807, 2.05) is 29.8 Å². The summed E-state index contributed by atoms with van der Waals surface area (Å²) in [5.41, 5.74) is 3.98. The van der Waals surface area contributed by atoms with E-state index in [-0.39, 0.29) is 0 Å². The molecule has 0 spiro atoms. The highest BCUT2D eigenvalue weighted by Crippen LogP contribution is 2.31. The van der Waals surface area contributed by atoms with Crippen LogP contribution in [-0.2, 0) is 19.4 Å². The topological polar surface area (TPSA) is 24.9 Å². The first-order chi connectivity index (χ1) is 8.33. The van der Waals surface area contributed by atoms with Gasteiger partial charge < -0.3 is 5.32 Å². The van der Waals surface area contributed by atoms with Gasteiger partial charge in [-0.2, -0.15) is 0 Å². The summed E-state index contributed by atoms with van der Waals surface area (Å²) in [6.45, 7) is 3.02. The Morgan fingerprint density at radius 1 is 1.41 bits per heavy atom. The van der Waals surface area contributed by atoms with Gasteiger partial charge in [-0.15, -0.1) is 11.3 Å². The molecule has 0 saturated heterocycles. The lowest BCUT2D eigenvalue weighted by Gasteiger charge is -2.07. The number of hydrogen-bond acceptors (Lipinski definition) is 3. The summed E-state index contributed by atoms with van der Waals surface area (Å²) in [4.78, 5) is 7.16. The minimum absolute atomic E-state index is 0.933. The highest BCUT2D eigenvalue weighted by molar-refractivity contribution is 7.12. The lowest BCUT2D eigenvalue weighted by Crippen LogP contribution is -1.99. The second-order valence-corrected chi connectivity index (χ2v) is 5.78. The van der Waals surface area contributed by atoms with Crippen molar-refractivity contribution in [2.45, 2.75) is 32.7 Å². The van der Waals surface area contributed by atoms with Crippen molar-refractivity contribution in [3.8, 4) is 0 Å². The molecule has 0 radical (unpaired) electrons. The molecule has 0 fully saturated rings. The Bertz CT molecular complexity index is 509. The molecule has 88 valence electrons. The molecule has 2 nitrogen and oxygen atoms in total. The first-order valence-corrected chi connectivity index (χ1v) is 6.89. The average Bonchev–Trinajstić information content (AvgIpc) is 2.88. The SMILES string of the molecule is Cc1cnccc1NCc1cc2c(s1)CCC2. The van der Waals surface area contributed by atoms with Crippen LogP contribution in [0.5, 0.6) is 0 Å². The monoisotopic (exact) mass is 244 g/mol. The Hall–Kier alpha value is -1.35. The highest BCUT2D eigenvalue weighted by atomic mass is 32.1. The molecule has 1 aliphatic carbocycles. The number of fused-ring (bicyclic) bond motifs is 1. The van der Waals surface area contributed by atoms with Gasteiger partial charge in [0.05, 0.1) is 0 Å². The number of aryl methyl sites for hydroxylation is 3. The second-order valence-electron chi connectivity index (χ2n) is 4.56. The van der Waals surface area contributed by atoms with E-state index in [0.29, 0.717) is 0 Å². The summed E-state index contributed by atoms with van der Waals surface area (Å²) in [7, 11) is 0. The largest absolute Gasteiger partial charge is 0.380 e. The van der Waals surface area contributed by atoms with Crippen molar-refractivity contribution in [1.29, 1.82) is 0 Å². The zero-order valence-corrected chi connectivity index (χ0v) is 10.8. The van der Waals surface area contributed by atoms with Gasteiger partial charge in [0.25, 0.3) is 0 Å². The molecule has 2 heterocycles. The van der Waals surface area contributed by atoms with Crippen molar-refractivity contribution in [3.63, 3.8) is 0 Å². The second kappa shape index (κ2) is 4.49. The van der Waals surface area contributed by atoms with Crippen molar-refractivity contribution < 1.29 is 0 Å². The maximum absolute atomic E-state index is 4.10. The summed E-state index contributed by atoms with van der Waals surface area (Å²) in [6.07, 6.45) is 7.65. The van der Waals surface area contributed by atoms with Crippen LogP contribution in [-0.4, -0.2) is 4.98 Å². The lowest BCUT2D eigenvalue weighted by atomic mass is 10.2. The van der Waals surface area contributed by atoms with Crippen LogP contribution in [0.2, 0.25) is 0 Å². The molecule has 2 aromatic rings. The zero-order valence-electron chi connectivity index (χ0n) is 9.99. The molecular weight excluding hydrogens is 228 g/mol. The number of hydrogen-bond donors (Lipinski definition) is 1. The summed E-state index contributed by atoms with van der Waals surface area (Å²) in [5, 5.41) is 3.49. The van der Waals surface area contributed by atoms with Gasteiger partial charge in [-0.3, -0.25) is 4.98 Å². The molecule has 2 aromatic heterocycles. The first-order valence-electron chi connectivity index (χ1n) is 6.08. The van der Waals surface area contributed by atoms with Crippen molar-refractivity contribution in [2.75, 3.05) is 5.32 Å². The molecule has 1 aliphatic rings. The van der Waals surface area contributed by atoms with Crippen LogP contribution in [0.15, 0.2) is 24.5 Å². The number of pyridine rings is 1. The van der Waals surface area contributed by atoms with Gasteiger partial charge in [0, 0.05) is 34.4 Å². The number of anilines is 1. The maximum Gasteiger partial charge on any atom is 0.0494 e. The standard InChI is InChI=1S/C14H16N2S/c1-10-8-15-6-5-13(10)16-9-12-7-11-3-2-4-14(11)17-12/h5-8H,2-4,9H2,1H3,(H,15,16). The molecular formula is C14H16N2S. The predicted octanol–water partition coefficient (Wildman–Crippen LogP) is 3.55. The Balaban J connectivity index is 1.70. The van der Waals surface area contributed by atoms with Gasteiger partial charge in [-0.1, -0.05) is 0 Å². The third-order valence-electron chi connectivity index (χ3n) is 3.27. The van der Waals surface area contributed by atoms with Gasteiger partial charge in [0.1, 0.15) is 0 Å². The fourth-order valence-corrected chi connectivity index (χ4v) is 3.53. The summed E-state index contributed by atoms with van der Waals surface area (Å²) < 4.78 is 0. The number of nitrogens with zero attached hydrogens (tertiary/aromatic N) is 1. The van der Waals surface area contributed by atoms with Crippen LogP contribution in [0.25, 0.3) is 0 Å². The third-order valence-corrected chi connectivity index (χ3v) is 4.51. The number of nitrogens with one attached hydrogen (secondary N) is 1. The Morgan fingerprint density at radius 2 is 2.35 bits per heavy atom. The maximum atomic E-state index is 4.10. The van der Waals surface area contributed by atoms with E-state index in [1.54, 1.807) is 10.4 Å². The van der Waals surface area contributed by atoms with Crippen LogP contribution < -0.4 is 5.32 Å². The molecule has 0 saturated carbocycles. The lowest BCUT2D eigenvalue weighted by molar-refractivity contribution is 0.913. The Kier molecular flexibility index (Phi) is 2.85. The minimum Gasteiger partial charge on any atom is -0.380 e. The van der Waals surface area contributed by atoms with Crippen molar-refractivity contribution in [1.82, 2.24) is 4.98 Å². The first kappa shape index (κ1) is 10.8. The van der Waals surface area contributed by atoms with Crippen molar-refractivity contribution in [3.05, 3.63) is 45.4 Å². The minimum atomic E-state index is 0.933. The number of rotatable bonds is 3. The summed E-state index contributed by atoms with van der Waals surface area (Å²) in [5.74, 6) is 0. The highest BCUT2D eigenvalue weighted by Gasteiger charge is 2.14. The fraction of sp³-hybridized carbons (Fsp3) is 0.357. The molecule has 0 aromatic carbocycles. The average molecular weight is 244 g/mol. The smallest absolute Gasteiger partial charge is 0.0494 e. The zero-order chi connectivity index (χ0) is 11.7. The molecule has 0 amide bonds. The van der Waals surface area contributed by atoms with Gasteiger partial charge in [0.15, 0.2) is 0 Å². The molecule has 0 aliphatic heterocycles. The number of thiophene rings is 1. The van der Waals surface area contributed by atoms with Gasteiger partial charge in [-0.05, 0) is 49.4 Å². The number of aromatic nitrogens is 1. The van der Waals surface area contributed by atoms with Gasteiger partial charge in [-0.25, -0.2) is 0 Å². The molecule has 17 heavy (non-hydrogen) atoms. The van der Waals surface area contributed by atoms with Crippen LogP contribution in [0.4, 0.5) is 5.69 Å². The summed E-state index contributed by atoms with van der Waals surface area (Å²) >= 11 is 1.97. The van der Waals surface area contributed by atoms with E-state index in [4.69, 9.17) is 0 Å². The molecule has 1 N–H and O–H groups in total. The molecule has 0 atom stereocenters. The Morgan fingerprint density at radius 3 is 3.18 bits per heavy atom. The molecule has 3 rings (SSSR count).